The largest absolute Gasteiger partial charge is 0.128 e. The van der Waals surface area contributed by atoms with Crippen molar-refractivity contribution in [1.29, 1.82) is 0 Å². The molecule has 0 aliphatic carbocycles. The number of halogens is 2. The minimum Gasteiger partial charge on any atom is -0.128 e. The molecular weight excluding hydrogens is 335 g/mol. The Labute approximate surface area is 93.4 Å². The van der Waals surface area contributed by atoms with Gasteiger partial charge in [-0.15, -0.1) is 11.8 Å². The highest BCUT2D eigenvalue weighted by Crippen LogP contribution is 2.27. The first-order valence-electron chi connectivity index (χ1n) is 3.16. The lowest BCUT2D eigenvalue weighted by molar-refractivity contribution is 1.33. The fourth-order valence-corrected chi connectivity index (χ4v) is 2.64. The molecule has 60 valence electrons. The molecule has 3 heteroatoms. The Kier molecular flexibility index (Phi) is 4.23. The molecule has 0 nitrogen and oxygen atoms in total. The van der Waals surface area contributed by atoms with Crippen LogP contribution in [-0.2, 0) is 4.43 Å². The normalized spacial score (nSPS) is 10.1. The van der Waals surface area contributed by atoms with Crippen LogP contribution >= 0.6 is 50.3 Å². The van der Waals surface area contributed by atoms with Gasteiger partial charge in [-0.05, 0) is 39.9 Å². The van der Waals surface area contributed by atoms with E-state index in [9.17, 15) is 0 Å². The summed E-state index contributed by atoms with van der Waals surface area (Å²) in [6, 6.07) is 6.50. The van der Waals surface area contributed by atoms with E-state index in [0.717, 1.165) is 4.43 Å². The van der Waals surface area contributed by atoms with E-state index in [1.807, 2.05) is 0 Å². The molecule has 0 heterocycles. The summed E-state index contributed by atoms with van der Waals surface area (Å²) in [6.45, 7) is 0. The average Bonchev–Trinajstić information content (AvgIpc) is 2.04. The van der Waals surface area contributed by atoms with E-state index in [1.54, 1.807) is 11.8 Å². The maximum absolute atomic E-state index is 3.52. The van der Waals surface area contributed by atoms with E-state index in [2.05, 4.69) is 63.0 Å². The molecule has 0 saturated heterocycles. The van der Waals surface area contributed by atoms with Crippen LogP contribution in [0.5, 0.6) is 0 Å². The summed E-state index contributed by atoms with van der Waals surface area (Å²) in [5, 5.41) is 0. The predicted molar refractivity (Wildman–Crippen MR) is 63.6 cm³/mol. The number of benzene rings is 1. The summed E-state index contributed by atoms with van der Waals surface area (Å²) in [5.74, 6) is 0. The van der Waals surface area contributed by atoms with E-state index >= 15 is 0 Å². The van der Waals surface area contributed by atoms with Gasteiger partial charge in [0, 0.05) is 13.8 Å². The molecule has 0 spiro atoms. The summed E-state index contributed by atoms with van der Waals surface area (Å²) < 4.78 is 2.28. The van der Waals surface area contributed by atoms with Crippen molar-refractivity contribution in [2.45, 2.75) is 9.32 Å². The first-order chi connectivity index (χ1) is 5.27. The van der Waals surface area contributed by atoms with Gasteiger partial charge >= 0.3 is 0 Å². The van der Waals surface area contributed by atoms with Gasteiger partial charge in [0.05, 0.1) is 0 Å². The van der Waals surface area contributed by atoms with Crippen LogP contribution in [-0.4, -0.2) is 6.26 Å². The maximum Gasteiger partial charge on any atom is 0.0314 e. The third-order valence-corrected chi connectivity index (χ3v) is 3.97. The maximum atomic E-state index is 3.52. The Morgan fingerprint density at radius 2 is 2.27 bits per heavy atom. The SMILES string of the molecule is CSc1ccc(CI)cc1Br. The van der Waals surface area contributed by atoms with Gasteiger partial charge in [-0.1, -0.05) is 28.7 Å². The first kappa shape index (κ1) is 9.86. The highest BCUT2D eigenvalue weighted by molar-refractivity contribution is 14.1. The molecule has 0 N–H and O–H groups in total. The summed E-state index contributed by atoms with van der Waals surface area (Å²) in [7, 11) is 0. The van der Waals surface area contributed by atoms with Gasteiger partial charge in [0.2, 0.25) is 0 Å². The van der Waals surface area contributed by atoms with Gasteiger partial charge < -0.3 is 0 Å². The van der Waals surface area contributed by atoms with Gasteiger partial charge in [0.1, 0.15) is 0 Å². The standard InChI is InChI=1S/C8H8BrIS/c1-11-8-3-2-6(5-10)4-7(8)9/h2-4H,5H2,1H3. The van der Waals surface area contributed by atoms with Crippen molar-refractivity contribution in [3.63, 3.8) is 0 Å². The van der Waals surface area contributed by atoms with Crippen LogP contribution in [0.15, 0.2) is 27.6 Å². The average molecular weight is 343 g/mol. The molecule has 0 aliphatic rings. The summed E-state index contributed by atoms with van der Waals surface area (Å²) in [5.41, 5.74) is 1.37. The molecule has 0 amide bonds. The molecule has 0 fully saturated rings. The van der Waals surface area contributed by atoms with Crippen LogP contribution in [0.25, 0.3) is 0 Å². The second-order valence-electron chi connectivity index (χ2n) is 2.10. The second-order valence-corrected chi connectivity index (χ2v) is 4.57. The monoisotopic (exact) mass is 342 g/mol. The molecule has 0 unspecified atom stereocenters. The van der Waals surface area contributed by atoms with Crippen molar-refractivity contribution < 1.29 is 0 Å². The minimum atomic E-state index is 1.07. The Morgan fingerprint density at radius 3 is 2.73 bits per heavy atom. The topological polar surface area (TPSA) is 0 Å². The van der Waals surface area contributed by atoms with E-state index in [0.29, 0.717) is 0 Å². The summed E-state index contributed by atoms with van der Waals surface area (Å²) >= 11 is 7.66. The van der Waals surface area contributed by atoms with Crippen molar-refractivity contribution in [1.82, 2.24) is 0 Å². The molecule has 0 bridgehead atoms. The lowest BCUT2D eigenvalue weighted by Crippen LogP contribution is -1.78. The molecular formula is C8H8BrIS. The Bertz CT molecular complexity index is 250. The van der Waals surface area contributed by atoms with Crippen LogP contribution < -0.4 is 0 Å². The number of thioether (sulfide) groups is 1. The zero-order chi connectivity index (χ0) is 8.27. The minimum absolute atomic E-state index is 1.07. The highest BCUT2D eigenvalue weighted by Gasteiger charge is 1.98. The molecule has 1 aromatic carbocycles. The summed E-state index contributed by atoms with van der Waals surface area (Å²) in [6.07, 6.45) is 2.09. The molecule has 0 radical (unpaired) electrons. The Balaban J connectivity index is 2.99. The molecule has 1 rings (SSSR count). The number of hydrogen-bond acceptors (Lipinski definition) is 1. The summed E-state index contributed by atoms with van der Waals surface area (Å²) in [4.78, 5) is 1.30. The zero-order valence-corrected chi connectivity index (χ0v) is 10.7. The Morgan fingerprint density at radius 1 is 1.55 bits per heavy atom. The van der Waals surface area contributed by atoms with Crippen LogP contribution in [0.4, 0.5) is 0 Å². The third-order valence-electron chi connectivity index (χ3n) is 1.37. The van der Waals surface area contributed by atoms with E-state index in [-0.39, 0.29) is 0 Å². The molecule has 1 aromatic rings. The van der Waals surface area contributed by atoms with Crippen LogP contribution in [0.1, 0.15) is 5.56 Å². The smallest absolute Gasteiger partial charge is 0.0314 e. The van der Waals surface area contributed by atoms with Crippen molar-refractivity contribution in [2.24, 2.45) is 0 Å². The molecule has 0 aromatic heterocycles. The van der Waals surface area contributed by atoms with E-state index in [4.69, 9.17) is 0 Å². The van der Waals surface area contributed by atoms with Gasteiger partial charge in [-0.2, -0.15) is 0 Å². The van der Waals surface area contributed by atoms with Crippen LogP contribution in [0, 0.1) is 0 Å². The molecule has 0 atom stereocenters. The predicted octanol–water partition coefficient (Wildman–Crippen LogP) is 4.11. The van der Waals surface area contributed by atoms with Crippen LogP contribution in [0.3, 0.4) is 0 Å². The van der Waals surface area contributed by atoms with Crippen molar-refractivity contribution in [2.75, 3.05) is 6.26 Å². The lowest BCUT2D eigenvalue weighted by Gasteiger charge is -2.01. The van der Waals surface area contributed by atoms with Gasteiger partial charge in [0.15, 0.2) is 0 Å². The third kappa shape index (κ3) is 2.63. The fraction of sp³-hybridized carbons (Fsp3) is 0.250. The van der Waals surface area contributed by atoms with Gasteiger partial charge in [-0.3, -0.25) is 0 Å². The van der Waals surface area contributed by atoms with Crippen molar-refractivity contribution in [3.05, 3.63) is 28.2 Å². The van der Waals surface area contributed by atoms with Crippen molar-refractivity contribution >= 4 is 50.3 Å². The lowest BCUT2D eigenvalue weighted by atomic mass is 10.2. The quantitative estimate of drug-likeness (QED) is 0.443. The Hall–Kier alpha value is 0.780. The molecule has 0 aliphatic heterocycles. The first-order valence-corrected chi connectivity index (χ1v) is 6.70. The molecule has 11 heavy (non-hydrogen) atoms. The van der Waals surface area contributed by atoms with Crippen LogP contribution in [0.2, 0.25) is 0 Å². The number of hydrogen-bond donors (Lipinski definition) is 0. The van der Waals surface area contributed by atoms with E-state index in [1.165, 1.54) is 14.9 Å². The second kappa shape index (κ2) is 4.72. The highest BCUT2D eigenvalue weighted by atomic mass is 127. The van der Waals surface area contributed by atoms with Crippen molar-refractivity contribution in [3.8, 4) is 0 Å². The number of rotatable bonds is 2. The van der Waals surface area contributed by atoms with Gasteiger partial charge in [0.25, 0.3) is 0 Å². The fourth-order valence-electron chi connectivity index (χ4n) is 0.793. The van der Waals surface area contributed by atoms with E-state index < -0.39 is 0 Å². The number of alkyl halides is 1. The van der Waals surface area contributed by atoms with Gasteiger partial charge in [-0.25, -0.2) is 0 Å². The zero-order valence-electron chi connectivity index (χ0n) is 6.10. The molecule has 0 saturated carbocycles.